The summed E-state index contributed by atoms with van der Waals surface area (Å²) in [6.45, 7) is 4.69. The van der Waals surface area contributed by atoms with Crippen LogP contribution in [0.1, 0.15) is 12.6 Å². The van der Waals surface area contributed by atoms with Gasteiger partial charge in [0.15, 0.2) is 11.6 Å². The van der Waals surface area contributed by atoms with Crippen molar-refractivity contribution in [1.82, 2.24) is 19.9 Å². The number of rotatable bonds is 4. The molecule has 7 nitrogen and oxygen atoms in total. The SMILES string of the molecule is CCc1ncnc(N2CCN(c3nccc(N(C)C)n3)CC2)c1F. The van der Waals surface area contributed by atoms with Gasteiger partial charge in [0, 0.05) is 46.5 Å². The molecule has 2 aromatic rings. The van der Waals surface area contributed by atoms with E-state index in [1.165, 1.54) is 6.33 Å². The van der Waals surface area contributed by atoms with E-state index in [1.807, 2.05) is 36.9 Å². The molecule has 1 fully saturated rings. The van der Waals surface area contributed by atoms with Crippen molar-refractivity contribution in [3.05, 3.63) is 30.1 Å². The Hall–Kier alpha value is -2.51. The summed E-state index contributed by atoms with van der Waals surface area (Å²) in [4.78, 5) is 23.1. The van der Waals surface area contributed by atoms with Crippen LogP contribution >= 0.6 is 0 Å². The lowest BCUT2D eigenvalue weighted by atomic mass is 10.2. The van der Waals surface area contributed by atoms with Crippen LogP contribution in [0.4, 0.5) is 22.0 Å². The van der Waals surface area contributed by atoms with E-state index >= 15 is 0 Å². The Morgan fingerprint density at radius 1 is 1.08 bits per heavy atom. The van der Waals surface area contributed by atoms with E-state index in [9.17, 15) is 4.39 Å². The number of hydrogen-bond donors (Lipinski definition) is 0. The number of piperazine rings is 1. The highest BCUT2D eigenvalue weighted by Gasteiger charge is 2.23. The van der Waals surface area contributed by atoms with Gasteiger partial charge in [-0.2, -0.15) is 4.98 Å². The number of hydrogen-bond acceptors (Lipinski definition) is 7. The fraction of sp³-hybridized carbons (Fsp3) is 0.500. The molecule has 0 unspecified atom stereocenters. The van der Waals surface area contributed by atoms with Gasteiger partial charge in [0.05, 0.1) is 5.69 Å². The van der Waals surface area contributed by atoms with Crippen molar-refractivity contribution in [2.75, 3.05) is 55.0 Å². The molecule has 1 aliphatic heterocycles. The van der Waals surface area contributed by atoms with Gasteiger partial charge in [-0.25, -0.2) is 19.3 Å². The molecule has 3 heterocycles. The predicted octanol–water partition coefficient (Wildman–Crippen LogP) is 1.36. The molecule has 2 aromatic heterocycles. The molecule has 0 aromatic carbocycles. The minimum atomic E-state index is -0.306. The molecular formula is C16H22FN7. The van der Waals surface area contributed by atoms with Crippen LogP contribution in [0.5, 0.6) is 0 Å². The zero-order valence-electron chi connectivity index (χ0n) is 14.3. The lowest BCUT2D eigenvalue weighted by molar-refractivity contribution is 0.566. The van der Waals surface area contributed by atoms with Crippen molar-refractivity contribution < 1.29 is 4.39 Å². The van der Waals surface area contributed by atoms with E-state index in [2.05, 4.69) is 24.8 Å². The van der Waals surface area contributed by atoms with Gasteiger partial charge in [-0.3, -0.25) is 0 Å². The standard InChI is InChI=1S/C16H22FN7/c1-4-12-14(17)15(20-11-19-12)23-7-9-24(10-8-23)16-18-6-5-13(21-16)22(2)3/h5-6,11H,4,7-10H2,1-3H3. The number of nitrogens with zero attached hydrogens (tertiary/aromatic N) is 7. The molecule has 0 atom stereocenters. The number of halogens is 1. The van der Waals surface area contributed by atoms with Crippen LogP contribution in [-0.2, 0) is 6.42 Å². The first kappa shape index (κ1) is 16.4. The maximum absolute atomic E-state index is 14.4. The lowest BCUT2D eigenvalue weighted by Gasteiger charge is -2.35. The molecule has 1 saturated heterocycles. The highest BCUT2D eigenvalue weighted by atomic mass is 19.1. The van der Waals surface area contributed by atoms with E-state index in [1.54, 1.807) is 6.20 Å². The van der Waals surface area contributed by atoms with Gasteiger partial charge in [0.1, 0.15) is 12.1 Å². The third-order valence-corrected chi connectivity index (χ3v) is 4.13. The van der Waals surface area contributed by atoms with Crippen molar-refractivity contribution in [3.63, 3.8) is 0 Å². The van der Waals surface area contributed by atoms with Crippen LogP contribution in [-0.4, -0.2) is 60.2 Å². The van der Waals surface area contributed by atoms with E-state index in [0.29, 0.717) is 37.0 Å². The van der Waals surface area contributed by atoms with E-state index < -0.39 is 0 Å². The van der Waals surface area contributed by atoms with E-state index in [0.717, 1.165) is 18.9 Å². The topological polar surface area (TPSA) is 61.3 Å². The molecule has 0 spiro atoms. The van der Waals surface area contributed by atoms with Crippen LogP contribution in [0.25, 0.3) is 0 Å². The average molecular weight is 331 g/mol. The van der Waals surface area contributed by atoms with Gasteiger partial charge >= 0.3 is 0 Å². The predicted molar refractivity (Wildman–Crippen MR) is 92.2 cm³/mol. The highest BCUT2D eigenvalue weighted by molar-refractivity contribution is 5.46. The average Bonchev–Trinajstić information content (AvgIpc) is 2.62. The monoisotopic (exact) mass is 331 g/mol. The third-order valence-electron chi connectivity index (χ3n) is 4.13. The van der Waals surface area contributed by atoms with E-state index in [4.69, 9.17) is 0 Å². The van der Waals surface area contributed by atoms with Gasteiger partial charge in [-0.15, -0.1) is 0 Å². The Kier molecular flexibility index (Phi) is 4.73. The summed E-state index contributed by atoms with van der Waals surface area (Å²) < 4.78 is 14.4. The molecular weight excluding hydrogens is 309 g/mol. The van der Waals surface area contributed by atoms with Gasteiger partial charge in [0.25, 0.3) is 0 Å². The molecule has 0 bridgehead atoms. The summed E-state index contributed by atoms with van der Waals surface area (Å²) in [5.74, 6) is 1.67. The maximum atomic E-state index is 14.4. The molecule has 0 N–H and O–H groups in total. The molecule has 0 amide bonds. The highest BCUT2D eigenvalue weighted by Crippen LogP contribution is 2.21. The maximum Gasteiger partial charge on any atom is 0.227 e. The van der Waals surface area contributed by atoms with Crippen molar-refractivity contribution >= 4 is 17.6 Å². The smallest absolute Gasteiger partial charge is 0.227 e. The number of aromatic nitrogens is 4. The van der Waals surface area contributed by atoms with Crippen molar-refractivity contribution in [2.45, 2.75) is 13.3 Å². The Morgan fingerprint density at radius 3 is 2.46 bits per heavy atom. The summed E-state index contributed by atoms with van der Waals surface area (Å²) in [6.07, 6.45) is 3.77. The Labute approximate surface area is 141 Å². The minimum absolute atomic E-state index is 0.306. The number of anilines is 3. The second-order valence-corrected chi connectivity index (χ2v) is 5.89. The van der Waals surface area contributed by atoms with Crippen LogP contribution in [0.15, 0.2) is 18.6 Å². The van der Waals surface area contributed by atoms with Gasteiger partial charge in [-0.1, -0.05) is 6.92 Å². The molecule has 0 radical (unpaired) electrons. The fourth-order valence-electron chi connectivity index (χ4n) is 2.72. The normalized spacial score (nSPS) is 14.8. The lowest BCUT2D eigenvalue weighted by Crippen LogP contribution is -2.47. The molecule has 1 aliphatic rings. The zero-order chi connectivity index (χ0) is 17.1. The number of aryl methyl sites for hydroxylation is 1. The fourth-order valence-corrected chi connectivity index (χ4v) is 2.72. The van der Waals surface area contributed by atoms with Crippen LogP contribution in [0.3, 0.4) is 0 Å². The third kappa shape index (κ3) is 3.22. The van der Waals surface area contributed by atoms with Crippen LogP contribution < -0.4 is 14.7 Å². The molecule has 8 heteroatoms. The summed E-state index contributed by atoms with van der Waals surface area (Å²) in [7, 11) is 3.90. The minimum Gasteiger partial charge on any atom is -0.363 e. The first-order valence-electron chi connectivity index (χ1n) is 8.09. The summed E-state index contributed by atoms with van der Waals surface area (Å²) in [5, 5.41) is 0. The summed E-state index contributed by atoms with van der Waals surface area (Å²) >= 11 is 0. The Morgan fingerprint density at radius 2 is 1.79 bits per heavy atom. The van der Waals surface area contributed by atoms with E-state index in [-0.39, 0.29) is 5.82 Å². The molecule has 3 rings (SSSR count). The first-order chi connectivity index (χ1) is 11.6. The summed E-state index contributed by atoms with van der Waals surface area (Å²) in [5.41, 5.74) is 0.462. The van der Waals surface area contributed by atoms with Gasteiger partial charge < -0.3 is 14.7 Å². The quantitative estimate of drug-likeness (QED) is 0.838. The van der Waals surface area contributed by atoms with Gasteiger partial charge in [-0.05, 0) is 12.5 Å². The van der Waals surface area contributed by atoms with Crippen molar-refractivity contribution in [2.24, 2.45) is 0 Å². The Balaban J connectivity index is 1.71. The second kappa shape index (κ2) is 6.94. The Bertz CT molecular complexity index is 699. The van der Waals surface area contributed by atoms with Crippen molar-refractivity contribution in [3.8, 4) is 0 Å². The molecule has 24 heavy (non-hydrogen) atoms. The second-order valence-electron chi connectivity index (χ2n) is 5.89. The van der Waals surface area contributed by atoms with Crippen molar-refractivity contribution in [1.29, 1.82) is 0 Å². The van der Waals surface area contributed by atoms with Crippen LogP contribution in [0, 0.1) is 5.82 Å². The molecule has 128 valence electrons. The first-order valence-corrected chi connectivity index (χ1v) is 8.09. The molecule has 0 aliphatic carbocycles. The largest absolute Gasteiger partial charge is 0.363 e. The van der Waals surface area contributed by atoms with Gasteiger partial charge in [0.2, 0.25) is 5.95 Å². The summed E-state index contributed by atoms with van der Waals surface area (Å²) in [6, 6.07) is 1.88. The zero-order valence-corrected chi connectivity index (χ0v) is 14.3. The molecule has 0 saturated carbocycles. The van der Waals surface area contributed by atoms with Crippen LogP contribution in [0.2, 0.25) is 0 Å².